The van der Waals surface area contributed by atoms with E-state index in [9.17, 15) is 4.39 Å². The smallest absolute Gasteiger partial charge is 0.128 e. The van der Waals surface area contributed by atoms with Gasteiger partial charge in [-0.2, -0.15) is 0 Å². The summed E-state index contributed by atoms with van der Waals surface area (Å²) >= 11 is 0. The summed E-state index contributed by atoms with van der Waals surface area (Å²) in [6.45, 7) is 6.45. The molecule has 2 N–H and O–H groups in total. The van der Waals surface area contributed by atoms with Gasteiger partial charge in [-0.05, 0) is 45.2 Å². The summed E-state index contributed by atoms with van der Waals surface area (Å²) in [6, 6.07) is 5.25. The van der Waals surface area contributed by atoms with E-state index in [1.54, 1.807) is 6.07 Å². The Labute approximate surface area is 120 Å². The Hall–Kier alpha value is -1.13. The van der Waals surface area contributed by atoms with Crippen LogP contribution in [0, 0.1) is 5.82 Å². The third kappa shape index (κ3) is 3.70. The topological polar surface area (TPSA) is 38.5 Å². The van der Waals surface area contributed by atoms with E-state index in [1.165, 1.54) is 6.07 Å². The predicted molar refractivity (Wildman–Crippen MR) is 80.6 cm³/mol. The molecule has 4 heteroatoms. The van der Waals surface area contributed by atoms with Gasteiger partial charge < -0.3 is 15.4 Å². The van der Waals surface area contributed by atoms with Crippen molar-refractivity contribution in [3.63, 3.8) is 0 Å². The number of hydrogen-bond acceptors (Lipinski definition) is 3. The van der Waals surface area contributed by atoms with E-state index in [2.05, 4.69) is 4.90 Å². The van der Waals surface area contributed by atoms with Crippen LogP contribution in [-0.4, -0.2) is 31.8 Å². The molecule has 0 bridgehead atoms. The lowest BCUT2D eigenvalue weighted by molar-refractivity contribution is 0.0526. The van der Waals surface area contributed by atoms with Crippen molar-refractivity contribution >= 4 is 5.69 Å². The number of hydrogen-bond donors (Lipinski definition) is 1. The Morgan fingerprint density at radius 2 is 2.30 bits per heavy atom. The van der Waals surface area contributed by atoms with Gasteiger partial charge in [0.25, 0.3) is 0 Å². The third-order valence-electron chi connectivity index (χ3n) is 3.74. The lowest BCUT2D eigenvalue weighted by Gasteiger charge is -2.35. The molecule has 0 amide bonds. The van der Waals surface area contributed by atoms with Crippen LogP contribution in [0.1, 0.15) is 32.3 Å². The van der Waals surface area contributed by atoms with Crippen molar-refractivity contribution in [3.8, 4) is 0 Å². The van der Waals surface area contributed by atoms with Crippen LogP contribution in [0.5, 0.6) is 0 Å². The normalized spacial score (nSPS) is 21.0. The molecule has 1 aromatic rings. The first kappa shape index (κ1) is 15.3. The van der Waals surface area contributed by atoms with Crippen molar-refractivity contribution in [1.29, 1.82) is 0 Å². The van der Waals surface area contributed by atoms with Crippen LogP contribution in [0.4, 0.5) is 10.1 Å². The van der Waals surface area contributed by atoms with Gasteiger partial charge in [-0.25, -0.2) is 4.39 Å². The number of rotatable bonds is 5. The van der Waals surface area contributed by atoms with Gasteiger partial charge in [0.1, 0.15) is 5.82 Å². The van der Waals surface area contributed by atoms with E-state index >= 15 is 0 Å². The molecular formula is C16H25FN2O. The Morgan fingerprint density at radius 3 is 3.00 bits per heavy atom. The van der Waals surface area contributed by atoms with Crippen LogP contribution in [0.15, 0.2) is 18.2 Å². The summed E-state index contributed by atoms with van der Waals surface area (Å²) in [5.74, 6) is -0.154. The van der Waals surface area contributed by atoms with Crippen molar-refractivity contribution in [2.75, 3.05) is 24.6 Å². The summed E-state index contributed by atoms with van der Waals surface area (Å²) in [5, 5.41) is 0. The molecule has 1 aromatic carbocycles. The van der Waals surface area contributed by atoms with Gasteiger partial charge in [0.2, 0.25) is 0 Å². The molecule has 2 rings (SSSR count). The lowest BCUT2D eigenvalue weighted by Crippen LogP contribution is -2.40. The highest BCUT2D eigenvalue weighted by Crippen LogP contribution is 2.28. The first-order valence-electron chi connectivity index (χ1n) is 7.51. The maximum Gasteiger partial charge on any atom is 0.128 e. The van der Waals surface area contributed by atoms with Crippen LogP contribution in [0.3, 0.4) is 0 Å². The number of ether oxygens (including phenoxy) is 1. The first-order chi connectivity index (χ1) is 9.61. The predicted octanol–water partition coefficient (Wildman–Crippen LogP) is 2.72. The average molecular weight is 280 g/mol. The highest BCUT2D eigenvalue weighted by Gasteiger charge is 2.23. The van der Waals surface area contributed by atoms with Gasteiger partial charge in [0.05, 0.1) is 6.10 Å². The van der Waals surface area contributed by atoms with Gasteiger partial charge in [-0.1, -0.05) is 6.07 Å². The largest absolute Gasteiger partial charge is 0.377 e. The van der Waals surface area contributed by atoms with Crippen LogP contribution in [-0.2, 0) is 11.2 Å². The fourth-order valence-corrected chi connectivity index (χ4v) is 2.90. The molecule has 1 aliphatic rings. The van der Waals surface area contributed by atoms with Crippen LogP contribution in [0.2, 0.25) is 0 Å². The summed E-state index contributed by atoms with van der Waals surface area (Å²) in [6.07, 6.45) is 2.99. The Bertz CT molecular complexity index is 434. The van der Waals surface area contributed by atoms with Crippen LogP contribution >= 0.6 is 0 Å². The van der Waals surface area contributed by atoms with E-state index < -0.39 is 0 Å². The average Bonchev–Trinajstić information content (AvgIpc) is 2.41. The van der Waals surface area contributed by atoms with Crippen molar-refractivity contribution in [1.82, 2.24) is 0 Å². The van der Waals surface area contributed by atoms with E-state index in [0.717, 1.165) is 43.8 Å². The molecule has 0 aliphatic carbocycles. The fraction of sp³-hybridized carbons (Fsp3) is 0.625. The zero-order chi connectivity index (χ0) is 14.5. The van der Waals surface area contributed by atoms with Gasteiger partial charge >= 0.3 is 0 Å². The van der Waals surface area contributed by atoms with Crippen LogP contribution < -0.4 is 10.6 Å². The zero-order valence-corrected chi connectivity index (χ0v) is 12.4. The van der Waals surface area contributed by atoms with Gasteiger partial charge in [0, 0.05) is 37.0 Å². The standard InChI is InChI=1S/C16H25FN2O/c1-3-20-13-6-5-9-19(11-13)16-8-4-7-15(17)14(16)10-12(2)18/h4,7-8,12-13H,3,5-6,9-11,18H2,1-2H3. The molecule has 2 atom stereocenters. The number of piperidine rings is 1. The molecule has 0 aromatic heterocycles. The maximum atomic E-state index is 14.1. The summed E-state index contributed by atoms with van der Waals surface area (Å²) in [4.78, 5) is 2.24. The molecule has 20 heavy (non-hydrogen) atoms. The molecule has 1 heterocycles. The third-order valence-corrected chi connectivity index (χ3v) is 3.74. The second kappa shape index (κ2) is 7.04. The molecule has 0 saturated carbocycles. The quantitative estimate of drug-likeness (QED) is 0.901. The second-order valence-corrected chi connectivity index (χ2v) is 5.58. The minimum Gasteiger partial charge on any atom is -0.377 e. The second-order valence-electron chi connectivity index (χ2n) is 5.58. The zero-order valence-electron chi connectivity index (χ0n) is 12.4. The van der Waals surface area contributed by atoms with Gasteiger partial charge in [0.15, 0.2) is 0 Å². The fourth-order valence-electron chi connectivity index (χ4n) is 2.90. The first-order valence-corrected chi connectivity index (χ1v) is 7.51. The van der Waals surface area contributed by atoms with E-state index in [0.29, 0.717) is 6.42 Å². The summed E-state index contributed by atoms with van der Waals surface area (Å²) < 4.78 is 19.8. The van der Waals surface area contributed by atoms with Crippen LogP contribution in [0.25, 0.3) is 0 Å². The molecular weight excluding hydrogens is 255 g/mol. The van der Waals surface area contributed by atoms with Crippen molar-refractivity contribution in [2.45, 2.75) is 45.3 Å². The molecule has 1 aliphatic heterocycles. The SMILES string of the molecule is CCOC1CCCN(c2cccc(F)c2CC(C)N)C1. The summed E-state index contributed by atoms with van der Waals surface area (Å²) in [7, 11) is 0. The Kier molecular flexibility index (Phi) is 5.38. The minimum absolute atomic E-state index is 0.0434. The number of halogens is 1. The number of nitrogens with two attached hydrogens (primary N) is 1. The maximum absolute atomic E-state index is 14.1. The Morgan fingerprint density at radius 1 is 1.50 bits per heavy atom. The number of anilines is 1. The molecule has 112 valence electrons. The van der Waals surface area contributed by atoms with E-state index in [4.69, 9.17) is 10.5 Å². The monoisotopic (exact) mass is 280 g/mol. The Balaban J connectivity index is 2.20. The summed E-state index contributed by atoms with van der Waals surface area (Å²) in [5.41, 5.74) is 7.57. The molecule has 1 saturated heterocycles. The molecule has 0 spiro atoms. The lowest BCUT2D eigenvalue weighted by atomic mass is 10.0. The highest BCUT2D eigenvalue weighted by molar-refractivity contribution is 5.55. The number of nitrogens with zero attached hydrogens (tertiary/aromatic N) is 1. The molecule has 3 nitrogen and oxygen atoms in total. The van der Waals surface area contributed by atoms with Crippen molar-refractivity contribution in [3.05, 3.63) is 29.6 Å². The van der Waals surface area contributed by atoms with Crippen molar-refractivity contribution in [2.24, 2.45) is 5.73 Å². The molecule has 1 fully saturated rings. The minimum atomic E-state index is -0.154. The molecule has 0 radical (unpaired) electrons. The van der Waals surface area contributed by atoms with E-state index in [1.807, 2.05) is 19.9 Å². The van der Waals surface area contributed by atoms with Gasteiger partial charge in [-0.15, -0.1) is 0 Å². The highest BCUT2D eigenvalue weighted by atomic mass is 19.1. The van der Waals surface area contributed by atoms with Crippen molar-refractivity contribution < 1.29 is 9.13 Å². The molecule has 2 unspecified atom stereocenters. The van der Waals surface area contributed by atoms with Gasteiger partial charge in [-0.3, -0.25) is 0 Å². The number of benzene rings is 1. The van der Waals surface area contributed by atoms with E-state index in [-0.39, 0.29) is 18.0 Å².